The third kappa shape index (κ3) is 18.6. The molecule has 4 fully saturated rings. The van der Waals surface area contributed by atoms with Gasteiger partial charge >= 0.3 is 6.18 Å². The largest absolute Gasteiger partial charge is 0.417 e. The Morgan fingerprint density at radius 3 is 1.83 bits per heavy atom. The fraction of sp³-hybridized carbons (Fsp3) is 0.734. The highest BCUT2D eigenvalue weighted by Crippen LogP contribution is 2.38. The molecule has 2 aliphatic carbocycles. The first-order valence-electron chi connectivity index (χ1n) is 31.9. The van der Waals surface area contributed by atoms with Crippen LogP contribution in [0.25, 0.3) is 0 Å². The van der Waals surface area contributed by atoms with Crippen LogP contribution in [0.1, 0.15) is 156 Å². The maximum atomic E-state index is 15.0. The molecule has 0 bridgehead atoms. The number of hydrogen-bond donors (Lipinski definition) is 3. The van der Waals surface area contributed by atoms with Crippen molar-refractivity contribution < 1.29 is 65.9 Å². The molecule has 4 aliphatic rings. The lowest BCUT2D eigenvalue weighted by Crippen LogP contribution is -2.68. The first-order valence-corrected chi connectivity index (χ1v) is 32.3. The average Bonchev–Trinajstić information content (AvgIpc) is 0.995. The van der Waals surface area contributed by atoms with Gasteiger partial charge in [0.1, 0.15) is 41.8 Å². The van der Waals surface area contributed by atoms with Gasteiger partial charge in [-0.2, -0.15) is 13.2 Å². The number of benzene rings is 1. The lowest BCUT2D eigenvalue weighted by atomic mass is 9.75. The van der Waals surface area contributed by atoms with Gasteiger partial charge in [-0.25, -0.2) is 0 Å². The van der Waals surface area contributed by atoms with E-state index in [1.54, 1.807) is 27.7 Å². The zero-order chi connectivity index (χ0) is 67.4. The third-order valence-electron chi connectivity index (χ3n) is 19.0. The molecule has 0 radical (unpaired) electrons. The maximum absolute atomic E-state index is 15.0. The fourth-order valence-corrected chi connectivity index (χ4v) is 13.0. The van der Waals surface area contributed by atoms with E-state index in [1.165, 1.54) is 79.9 Å². The normalized spacial score (nSPS) is 26.3. The predicted molar refractivity (Wildman–Crippen MR) is 332 cm³/mol. The van der Waals surface area contributed by atoms with Gasteiger partial charge in [0, 0.05) is 68.3 Å². The molecule has 11 amide bonds. The molecule has 1 spiro atoms. The fourth-order valence-electron chi connectivity index (χ4n) is 12.7. The van der Waals surface area contributed by atoms with Crippen molar-refractivity contribution in [2.45, 2.75) is 205 Å². The second-order valence-electron chi connectivity index (χ2n) is 26.6. The lowest BCUT2D eigenvalue weighted by molar-refractivity contribution is -0.155. The van der Waals surface area contributed by atoms with E-state index in [4.69, 9.17) is 11.6 Å². The number of nitrogens with zero attached hydrogens (tertiary/aromatic N) is 8. The average molecular weight is 1290 g/mol. The highest BCUT2D eigenvalue weighted by atomic mass is 35.5. The van der Waals surface area contributed by atoms with Crippen LogP contribution in [0.3, 0.4) is 0 Å². The van der Waals surface area contributed by atoms with Crippen LogP contribution in [0, 0.1) is 23.7 Å². The molecular formula is C64H99ClF3N11O11. The van der Waals surface area contributed by atoms with Crippen molar-refractivity contribution in [2.24, 2.45) is 23.7 Å². The Labute approximate surface area is 534 Å². The number of amides is 11. The monoisotopic (exact) mass is 1290 g/mol. The Bertz CT molecular complexity index is 2780. The zero-order valence-electron chi connectivity index (χ0n) is 55.3. The number of fused-ring (bicyclic) bond motifs is 1. The topological polar surface area (TPSA) is 250 Å². The molecule has 2 heterocycles. The number of hydrogen-bond acceptors (Lipinski definition) is 11. The predicted octanol–water partition coefficient (Wildman–Crippen LogP) is 5.12. The summed E-state index contributed by atoms with van der Waals surface area (Å²) in [5.74, 6) is -7.69. The summed E-state index contributed by atoms with van der Waals surface area (Å²) < 4.78 is 41.3. The molecule has 504 valence electrons. The molecule has 2 aliphatic heterocycles. The second-order valence-corrected chi connectivity index (χ2v) is 27.0. The molecule has 26 heteroatoms. The zero-order valence-corrected chi connectivity index (χ0v) is 56.1. The van der Waals surface area contributed by atoms with Crippen molar-refractivity contribution in [3.05, 3.63) is 34.3 Å². The molecule has 2 saturated carbocycles. The van der Waals surface area contributed by atoms with Crippen LogP contribution < -0.4 is 16.0 Å². The summed E-state index contributed by atoms with van der Waals surface area (Å²) in [6.45, 7) is 11.0. The van der Waals surface area contributed by atoms with Crippen molar-refractivity contribution in [1.29, 1.82) is 0 Å². The number of carbonyl (C=O) groups excluding carboxylic acids is 11. The molecule has 1 unspecified atom stereocenters. The highest BCUT2D eigenvalue weighted by molar-refractivity contribution is 6.31. The number of rotatable bonds is 10. The smallest absolute Gasteiger partial charge is 0.343 e. The van der Waals surface area contributed by atoms with Crippen molar-refractivity contribution in [1.82, 2.24) is 55.1 Å². The molecule has 1 aromatic rings. The summed E-state index contributed by atoms with van der Waals surface area (Å²) >= 11 is 6.10. The molecular weight excluding hydrogens is 1190 g/mol. The first-order chi connectivity index (χ1) is 42.0. The summed E-state index contributed by atoms with van der Waals surface area (Å²) in [6, 6.07) is -4.51. The number of carbonyl (C=O) groups is 11. The maximum Gasteiger partial charge on any atom is 0.417 e. The lowest BCUT2D eigenvalue weighted by Gasteiger charge is -2.46. The number of likely N-dealkylation sites (N-methyl/N-ethyl adjacent to an activating group) is 7. The van der Waals surface area contributed by atoms with E-state index in [-0.39, 0.29) is 69.7 Å². The quantitative estimate of drug-likeness (QED) is 0.278. The van der Waals surface area contributed by atoms with Crippen LogP contribution in [0.4, 0.5) is 13.2 Å². The molecule has 3 N–H and O–H groups in total. The molecule has 8 atom stereocenters. The number of halogens is 4. The number of alkyl halides is 3. The van der Waals surface area contributed by atoms with Crippen molar-refractivity contribution >= 4 is 76.6 Å². The van der Waals surface area contributed by atoms with Crippen LogP contribution in [0.15, 0.2) is 18.2 Å². The molecule has 5 rings (SSSR count). The summed E-state index contributed by atoms with van der Waals surface area (Å²) in [5.41, 5.74) is -2.22. The van der Waals surface area contributed by atoms with E-state index in [0.717, 1.165) is 58.9 Å². The Hall–Kier alpha value is -6.53. The van der Waals surface area contributed by atoms with Crippen LogP contribution >= 0.6 is 11.6 Å². The van der Waals surface area contributed by atoms with Gasteiger partial charge in [0.25, 0.3) is 0 Å². The SMILES string of the molecule is CCC(C)[C@@H]1NC(=O)[C@H](CC(C)C)N(C)C(=O)C[C@@H](C)N(C)C(=O)[C@H](C(C)C)N(C)C(=O)C2(CCC2)NC(=O)[C@@H]2CCCN2C(=O)[C@H](CCc2ccc(C(F)(F)F)c(Cl)c2)NC(=O)CN(C)C(=O)[C@H](CC2CCCCC2)N(C)C(=O)CN(C)C(=O)CN(C)C1=O. The van der Waals surface area contributed by atoms with Gasteiger partial charge in [0.2, 0.25) is 65.0 Å². The Balaban J connectivity index is 1.54. The van der Waals surface area contributed by atoms with Crippen LogP contribution in [-0.4, -0.2) is 228 Å². The van der Waals surface area contributed by atoms with E-state index in [0.29, 0.717) is 24.8 Å². The standard InChI is InChI=1S/C64H99ClF3N11O11/c1-15-40(6)54-60(88)74(10)36-52(82)72(8)37-53(83)77(13)49(34-42-21-17-16-18-22-42)59(87)73(9)35-50(80)69-46(27-25-43-24-26-44(45(65)33-43)64(66,67)68)58(86)79-30-19-23-47(79)57(85)71-63(28-20-29-63)62(90)78(14)55(39(4)5)61(89)75(11)41(7)32-51(81)76(12)48(31-38(2)3)56(84)70-54/h24,26,33,38-42,46-49,54-55H,15-23,25,27-32,34-37H2,1-14H3,(H,69,80)(H,70,84)(H,71,85)/t40?,41-,46+,47+,48+,49+,54+,55+/m1/s1. The van der Waals surface area contributed by atoms with Gasteiger partial charge in [-0.15, -0.1) is 0 Å². The highest BCUT2D eigenvalue weighted by Gasteiger charge is 2.52. The molecule has 1 aromatic carbocycles. The van der Waals surface area contributed by atoms with Crippen molar-refractivity contribution in [2.75, 3.05) is 75.5 Å². The van der Waals surface area contributed by atoms with Gasteiger partial charge < -0.3 is 55.1 Å². The Morgan fingerprint density at radius 1 is 0.656 bits per heavy atom. The minimum atomic E-state index is -4.74. The van der Waals surface area contributed by atoms with E-state index >= 15 is 0 Å². The van der Waals surface area contributed by atoms with Crippen molar-refractivity contribution in [3.63, 3.8) is 0 Å². The summed E-state index contributed by atoms with van der Waals surface area (Å²) in [4.78, 5) is 169. The second kappa shape index (κ2) is 32.2. The van der Waals surface area contributed by atoms with Crippen LogP contribution in [0.2, 0.25) is 5.02 Å². The van der Waals surface area contributed by atoms with Crippen LogP contribution in [0.5, 0.6) is 0 Å². The summed E-state index contributed by atoms with van der Waals surface area (Å²) in [5, 5.41) is 8.02. The number of nitrogens with one attached hydrogen (secondary N) is 3. The minimum absolute atomic E-state index is 0.0342. The van der Waals surface area contributed by atoms with Gasteiger partial charge in [-0.3, -0.25) is 52.7 Å². The van der Waals surface area contributed by atoms with E-state index < -0.39 is 161 Å². The molecule has 2 saturated heterocycles. The van der Waals surface area contributed by atoms with E-state index in [1.807, 2.05) is 20.8 Å². The third-order valence-corrected chi connectivity index (χ3v) is 19.3. The van der Waals surface area contributed by atoms with E-state index in [9.17, 15) is 65.9 Å². The minimum Gasteiger partial charge on any atom is -0.343 e. The van der Waals surface area contributed by atoms with E-state index in [2.05, 4.69) is 16.0 Å². The number of aryl methyl sites for hydroxylation is 1. The van der Waals surface area contributed by atoms with Gasteiger partial charge in [0.15, 0.2) is 0 Å². The first kappa shape index (κ1) is 74.2. The summed E-state index contributed by atoms with van der Waals surface area (Å²) in [7, 11) is 10.1. The molecule has 90 heavy (non-hydrogen) atoms. The Kier molecular flexibility index (Phi) is 26.5. The van der Waals surface area contributed by atoms with Gasteiger partial charge in [-0.05, 0) is 106 Å². The van der Waals surface area contributed by atoms with Crippen LogP contribution in [-0.2, 0) is 65.3 Å². The van der Waals surface area contributed by atoms with Gasteiger partial charge in [0.05, 0.1) is 30.2 Å². The van der Waals surface area contributed by atoms with Crippen molar-refractivity contribution in [3.8, 4) is 0 Å². The molecule has 0 aromatic heterocycles. The van der Waals surface area contributed by atoms with Gasteiger partial charge in [-0.1, -0.05) is 97.7 Å². The molecule has 22 nitrogen and oxygen atoms in total. The Morgan fingerprint density at radius 2 is 1.27 bits per heavy atom. The summed E-state index contributed by atoms with van der Waals surface area (Å²) in [6.07, 6.45) is 1.55.